The zero-order valence-corrected chi connectivity index (χ0v) is 25.2. The summed E-state index contributed by atoms with van der Waals surface area (Å²) >= 11 is 0. The molecule has 220 valence electrons. The highest BCUT2D eigenvalue weighted by Crippen LogP contribution is 2.50. The Hall–Kier alpha value is -0.540. The van der Waals surface area contributed by atoms with Crippen LogP contribution in [0.3, 0.4) is 0 Å². The first-order valence-electron chi connectivity index (χ1n) is 14.9. The molecular weight excluding hydrogens is 484 g/mol. The van der Waals surface area contributed by atoms with E-state index < -0.39 is 23.1 Å². The van der Waals surface area contributed by atoms with Crippen molar-refractivity contribution in [3.8, 4) is 0 Å². The predicted molar refractivity (Wildman–Crippen MR) is 147 cm³/mol. The fourth-order valence-electron chi connectivity index (χ4n) is 7.24. The lowest BCUT2D eigenvalue weighted by atomic mass is 9.78. The van der Waals surface area contributed by atoms with Gasteiger partial charge in [0, 0.05) is 19.4 Å². The first kappa shape index (κ1) is 30.4. The third kappa shape index (κ3) is 5.77. The first-order chi connectivity index (χ1) is 17.6. The zero-order valence-electron chi connectivity index (χ0n) is 25.2. The largest absolute Gasteiger partial charge is 0.390 e. The zero-order chi connectivity index (χ0) is 28.1. The lowest BCUT2D eigenvalue weighted by Crippen LogP contribution is -2.59. The molecule has 0 aromatic carbocycles. The van der Waals surface area contributed by atoms with E-state index in [0.717, 1.165) is 56.9 Å². The molecule has 0 aromatic heterocycles. The Morgan fingerprint density at radius 3 is 2.24 bits per heavy atom. The van der Waals surface area contributed by atoms with Gasteiger partial charge < -0.3 is 33.9 Å². The van der Waals surface area contributed by atoms with Crippen LogP contribution in [0, 0.1) is 5.92 Å². The van der Waals surface area contributed by atoms with Gasteiger partial charge in [-0.1, -0.05) is 20.4 Å². The van der Waals surface area contributed by atoms with Crippen molar-refractivity contribution in [2.45, 2.75) is 171 Å². The monoisotopic (exact) mass is 538 g/mol. The van der Waals surface area contributed by atoms with Gasteiger partial charge in [0.1, 0.15) is 0 Å². The fraction of sp³-hybridized carbons (Fsp3) is 0.935. The van der Waals surface area contributed by atoms with Crippen molar-refractivity contribution in [3.63, 3.8) is 0 Å². The van der Waals surface area contributed by atoms with Crippen LogP contribution < -0.4 is 0 Å². The van der Waals surface area contributed by atoms with Crippen LogP contribution in [-0.2, 0) is 23.7 Å². The van der Waals surface area contributed by atoms with E-state index in [1.165, 1.54) is 0 Å². The Bertz CT molecular complexity index is 854. The van der Waals surface area contributed by atoms with Crippen molar-refractivity contribution in [1.29, 1.82) is 0 Å². The average molecular weight is 539 g/mol. The van der Waals surface area contributed by atoms with Gasteiger partial charge in [-0.05, 0) is 98.0 Å². The highest BCUT2D eigenvalue weighted by Gasteiger charge is 2.57. The summed E-state index contributed by atoms with van der Waals surface area (Å²) in [5.41, 5.74) is -1.24. The Morgan fingerprint density at radius 2 is 1.66 bits per heavy atom. The maximum atomic E-state index is 11.0. The van der Waals surface area contributed by atoms with Gasteiger partial charge in [0.25, 0.3) is 0 Å². The van der Waals surface area contributed by atoms with Gasteiger partial charge >= 0.3 is 0 Å². The lowest BCUT2D eigenvalue weighted by molar-refractivity contribution is -0.304. The van der Waals surface area contributed by atoms with E-state index in [9.17, 15) is 10.2 Å². The van der Waals surface area contributed by atoms with Crippen molar-refractivity contribution in [1.82, 2.24) is 0 Å². The molecule has 0 aromatic rings. The van der Waals surface area contributed by atoms with Crippen molar-refractivity contribution in [3.05, 3.63) is 12.2 Å². The maximum Gasteiger partial charge on any atom is 0.171 e. The summed E-state index contributed by atoms with van der Waals surface area (Å²) in [4.78, 5) is 0. The van der Waals surface area contributed by atoms with Crippen molar-refractivity contribution in [2.24, 2.45) is 5.92 Å². The molecule has 0 aliphatic carbocycles. The van der Waals surface area contributed by atoms with Gasteiger partial charge in [0.05, 0.1) is 52.9 Å². The molecule has 4 aliphatic heterocycles. The molecule has 7 heteroatoms. The van der Waals surface area contributed by atoms with E-state index in [1.54, 1.807) is 21.0 Å². The van der Waals surface area contributed by atoms with E-state index in [2.05, 4.69) is 34.3 Å². The first-order valence-corrected chi connectivity index (χ1v) is 14.9. The highest BCUT2D eigenvalue weighted by molar-refractivity contribution is 5.10. The van der Waals surface area contributed by atoms with Crippen LogP contribution in [0.15, 0.2) is 12.2 Å². The standard InChI is InChI=1S/C31H54O7/c1-20(2)31(34-9)19-18-30(8,38-31)26-15-17-29(7)25(35-26)13-11-22(36-29)21(3)10-12-23(32)28(6)16-14-24(37-28)27(4,5)33/h20,22-26,32-33H,3,10-19H2,1-2,4-9H3/t22-,23+,24-,25-,26-,28-,29+,30+,31-/m1/s1. The minimum Gasteiger partial charge on any atom is -0.390 e. The second-order valence-electron chi connectivity index (χ2n) is 14.1. The number of rotatable bonds is 9. The average Bonchev–Trinajstić information content (AvgIpc) is 3.44. The van der Waals surface area contributed by atoms with Gasteiger partial charge in [0.2, 0.25) is 0 Å². The summed E-state index contributed by atoms with van der Waals surface area (Å²) in [6.07, 6.45) is 7.27. The number of methoxy groups -OCH3 is 1. The number of ether oxygens (including phenoxy) is 5. The molecule has 0 amide bonds. The van der Waals surface area contributed by atoms with Crippen LogP contribution in [0.2, 0.25) is 0 Å². The van der Waals surface area contributed by atoms with Gasteiger partial charge in [-0.15, -0.1) is 0 Å². The summed E-state index contributed by atoms with van der Waals surface area (Å²) in [6.45, 7) is 18.5. The molecule has 4 heterocycles. The van der Waals surface area contributed by atoms with Crippen LogP contribution in [0.1, 0.15) is 113 Å². The smallest absolute Gasteiger partial charge is 0.171 e. The van der Waals surface area contributed by atoms with Gasteiger partial charge in [0.15, 0.2) is 5.79 Å². The molecule has 0 unspecified atom stereocenters. The summed E-state index contributed by atoms with van der Waals surface area (Å²) in [6, 6.07) is 0. The van der Waals surface area contributed by atoms with E-state index in [-0.39, 0.29) is 41.5 Å². The Balaban J connectivity index is 1.29. The summed E-state index contributed by atoms with van der Waals surface area (Å²) in [7, 11) is 1.75. The Kier molecular flexibility index (Phi) is 8.56. The number of fused-ring (bicyclic) bond motifs is 1. The van der Waals surface area contributed by atoms with Crippen molar-refractivity contribution in [2.75, 3.05) is 7.11 Å². The van der Waals surface area contributed by atoms with E-state index in [4.69, 9.17) is 23.7 Å². The molecule has 0 spiro atoms. The molecule has 38 heavy (non-hydrogen) atoms. The molecule has 2 N–H and O–H groups in total. The molecule has 7 nitrogen and oxygen atoms in total. The molecule has 0 saturated carbocycles. The second-order valence-corrected chi connectivity index (χ2v) is 14.1. The van der Waals surface area contributed by atoms with Crippen molar-refractivity contribution >= 4 is 0 Å². The van der Waals surface area contributed by atoms with Gasteiger partial charge in [-0.25, -0.2) is 0 Å². The summed E-state index contributed by atoms with van der Waals surface area (Å²) in [5, 5.41) is 21.3. The molecule has 0 radical (unpaired) electrons. The third-order valence-corrected chi connectivity index (χ3v) is 10.3. The molecule has 4 saturated heterocycles. The molecule has 4 aliphatic rings. The van der Waals surface area contributed by atoms with Crippen LogP contribution in [-0.4, -0.2) is 76.0 Å². The minimum atomic E-state index is -0.910. The molecule has 9 atom stereocenters. The van der Waals surface area contributed by atoms with Gasteiger partial charge in [-0.3, -0.25) is 0 Å². The minimum absolute atomic E-state index is 0.0229. The highest BCUT2D eigenvalue weighted by atomic mass is 16.7. The number of aliphatic hydroxyl groups excluding tert-OH is 1. The van der Waals surface area contributed by atoms with Crippen LogP contribution in [0.4, 0.5) is 0 Å². The SMILES string of the molecule is C=C(CC[C@H](O)[C@@]1(C)CC[C@H](C(C)(C)O)O1)[C@H]1CC[C@H]2O[C@@H]([C@]3(C)CC[C@](OC)(C(C)C)O3)CC[C@]2(C)O1. The van der Waals surface area contributed by atoms with E-state index >= 15 is 0 Å². The second kappa shape index (κ2) is 10.7. The normalized spacial score (nSPS) is 44.8. The number of hydrogen-bond acceptors (Lipinski definition) is 7. The Morgan fingerprint density at radius 1 is 0.974 bits per heavy atom. The number of aliphatic hydroxyl groups is 2. The quantitative estimate of drug-likeness (QED) is 0.378. The topological polar surface area (TPSA) is 86.6 Å². The fourth-order valence-corrected chi connectivity index (χ4v) is 7.24. The molecule has 4 fully saturated rings. The maximum absolute atomic E-state index is 11.0. The molecular formula is C31H54O7. The summed E-state index contributed by atoms with van der Waals surface area (Å²) < 4.78 is 32.1. The molecule has 0 bridgehead atoms. The van der Waals surface area contributed by atoms with Crippen LogP contribution >= 0.6 is 0 Å². The van der Waals surface area contributed by atoms with Crippen LogP contribution in [0.25, 0.3) is 0 Å². The molecule has 4 rings (SSSR count). The third-order valence-electron chi connectivity index (χ3n) is 10.3. The van der Waals surface area contributed by atoms with Crippen molar-refractivity contribution < 1.29 is 33.9 Å². The number of hydrogen-bond donors (Lipinski definition) is 2. The van der Waals surface area contributed by atoms with E-state index in [0.29, 0.717) is 12.8 Å². The predicted octanol–water partition coefficient (Wildman–Crippen LogP) is 5.45. The summed E-state index contributed by atoms with van der Waals surface area (Å²) in [5.74, 6) is -0.261. The van der Waals surface area contributed by atoms with E-state index in [1.807, 2.05) is 6.92 Å². The Labute approximate surface area is 230 Å². The lowest BCUT2D eigenvalue weighted by Gasteiger charge is -2.52. The van der Waals surface area contributed by atoms with Crippen LogP contribution in [0.5, 0.6) is 0 Å². The van der Waals surface area contributed by atoms with Gasteiger partial charge in [-0.2, -0.15) is 0 Å².